The molecule has 0 aromatic carbocycles. The lowest BCUT2D eigenvalue weighted by Crippen LogP contribution is -2.30. The van der Waals surface area contributed by atoms with Gasteiger partial charge in [-0.15, -0.1) is 0 Å². The normalized spacial score (nSPS) is 32.3. The van der Waals surface area contributed by atoms with Gasteiger partial charge in [-0.3, -0.25) is 0 Å². The minimum absolute atomic E-state index is 0.177. The molecule has 1 saturated heterocycles. The van der Waals surface area contributed by atoms with E-state index in [0.717, 1.165) is 26.1 Å². The average molecular weight is 186 g/mol. The Kier molecular flexibility index (Phi) is 4.16. The van der Waals surface area contributed by atoms with Crippen LogP contribution >= 0.6 is 0 Å². The first kappa shape index (κ1) is 11.0. The maximum Gasteiger partial charge on any atom is 0.0524 e. The Hall–Kier alpha value is -0.120. The summed E-state index contributed by atoms with van der Waals surface area (Å²) in [6.45, 7) is 7.02. The molecule has 0 radical (unpaired) electrons. The predicted molar refractivity (Wildman–Crippen MR) is 54.5 cm³/mol. The summed E-state index contributed by atoms with van der Waals surface area (Å²) in [6, 6.07) is 0.646. The lowest BCUT2D eigenvalue weighted by molar-refractivity contribution is 0.153. The van der Waals surface area contributed by atoms with Gasteiger partial charge in [0.25, 0.3) is 0 Å². The Morgan fingerprint density at radius 2 is 2.31 bits per heavy atom. The van der Waals surface area contributed by atoms with Gasteiger partial charge in [0.15, 0.2) is 0 Å². The Bertz CT molecular complexity index is 150. The van der Waals surface area contributed by atoms with Crippen LogP contribution in [0.15, 0.2) is 0 Å². The number of aliphatic hydroxyl groups is 1. The third-order valence-electron chi connectivity index (χ3n) is 2.96. The highest BCUT2D eigenvalue weighted by Crippen LogP contribution is 2.22. The lowest BCUT2D eigenvalue weighted by atomic mass is 10.1. The van der Waals surface area contributed by atoms with E-state index in [2.05, 4.69) is 11.8 Å². The summed E-state index contributed by atoms with van der Waals surface area (Å²) in [5, 5.41) is 9.17. The zero-order valence-corrected chi connectivity index (χ0v) is 8.74. The molecule has 78 valence electrons. The van der Waals surface area contributed by atoms with E-state index in [1.165, 1.54) is 6.42 Å². The molecule has 3 nitrogen and oxygen atoms in total. The molecule has 0 bridgehead atoms. The standard InChI is InChI=1S/C10H22N2O/c1-8-5-10(6-11)7-12(8)4-3-9(2)13/h8-10,13H,3-7,11H2,1-2H3. The molecular weight excluding hydrogens is 164 g/mol. The zero-order chi connectivity index (χ0) is 9.84. The van der Waals surface area contributed by atoms with Gasteiger partial charge in [-0.05, 0) is 39.2 Å². The molecule has 0 aromatic heterocycles. The minimum Gasteiger partial charge on any atom is -0.393 e. The van der Waals surface area contributed by atoms with E-state index >= 15 is 0 Å². The van der Waals surface area contributed by atoms with Crippen molar-refractivity contribution in [3.05, 3.63) is 0 Å². The Morgan fingerprint density at radius 1 is 1.62 bits per heavy atom. The van der Waals surface area contributed by atoms with E-state index in [1.54, 1.807) is 0 Å². The molecule has 0 spiro atoms. The first-order valence-corrected chi connectivity index (χ1v) is 5.25. The molecule has 0 saturated carbocycles. The predicted octanol–water partition coefficient (Wildman–Crippen LogP) is 0.426. The van der Waals surface area contributed by atoms with Crippen molar-refractivity contribution in [2.24, 2.45) is 11.7 Å². The van der Waals surface area contributed by atoms with Crippen LogP contribution in [-0.2, 0) is 0 Å². The fourth-order valence-electron chi connectivity index (χ4n) is 2.05. The molecule has 1 aliphatic heterocycles. The average Bonchev–Trinajstić information content (AvgIpc) is 2.43. The van der Waals surface area contributed by atoms with Crippen molar-refractivity contribution in [2.75, 3.05) is 19.6 Å². The highest BCUT2D eigenvalue weighted by atomic mass is 16.3. The van der Waals surface area contributed by atoms with Crippen LogP contribution < -0.4 is 5.73 Å². The summed E-state index contributed by atoms with van der Waals surface area (Å²) < 4.78 is 0. The number of aliphatic hydroxyl groups excluding tert-OH is 1. The summed E-state index contributed by atoms with van der Waals surface area (Å²) in [5.74, 6) is 0.670. The number of nitrogens with zero attached hydrogens (tertiary/aromatic N) is 1. The second-order valence-electron chi connectivity index (χ2n) is 4.32. The van der Waals surface area contributed by atoms with Gasteiger partial charge in [0.2, 0.25) is 0 Å². The van der Waals surface area contributed by atoms with Gasteiger partial charge in [0.1, 0.15) is 0 Å². The first-order valence-electron chi connectivity index (χ1n) is 5.25. The Balaban J connectivity index is 2.26. The zero-order valence-electron chi connectivity index (χ0n) is 8.74. The summed E-state index contributed by atoms with van der Waals surface area (Å²) in [4.78, 5) is 2.43. The molecule has 3 unspecified atom stereocenters. The van der Waals surface area contributed by atoms with Crippen LogP contribution in [0, 0.1) is 5.92 Å². The van der Waals surface area contributed by atoms with Gasteiger partial charge in [-0.25, -0.2) is 0 Å². The van der Waals surface area contributed by atoms with E-state index in [-0.39, 0.29) is 6.10 Å². The van der Waals surface area contributed by atoms with Crippen molar-refractivity contribution < 1.29 is 5.11 Å². The molecule has 1 heterocycles. The van der Waals surface area contributed by atoms with Crippen molar-refractivity contribution in [3.63, 3.8) is 0 Å². The van der Waals surface area contributed by atoms with E-state index in [1.807, 2.05) is 6.92 Å². The molecule has 0 aliphatic carbocycles. The third-order valence-corrected chi connectivity index (χ3v) is 2.96. The number of hydrogen-bond acceptors (Lipinski definition) is 3. The number of rotatable bonds is 4. The number of nitrogens with two attached hydrogens (primary N) is 1. The third kappa shape index (κ3) is 3.25. The molecule has 1 fully saturated rings. The van der Waals surface area contributed by atoms with Crippen molar-refractivity contribution >= 4 is 0 Å². The molecule has 0 aromatic rings. The Labute approximate surface area is 80.9 Å². The summed E-state index contributed by atoms with van der Waals surface area (Å²) in [6.07, 6.45) is 1.92. The molecule has 3 atom stereocenters. The smallest absolute Gasteiger partial charge is 0.0524 e. The largest absolute Gasteiger partial charge is 0.393 e. The molecular formula is C10H22N2O. The first-order chi connectivity index (χ1) is 6.13. The highest BCUT2D eigenvalue weighted by molar-refractivity contribution is 4.82. The van der Waals surface area contributed by atoms with Crippen LogP contribution in [0.25, 0.3) is 0 Å². The fourth-order valence-corrected chi connectivity index (χ4v) is 2.05. The van der Waals surface area contributed by atoms with Crippen molar-refractivity contribution in [3.8, 4) is 0 Å². The van der Waals surface area contributed by atoms with Gasteiger partial charge in [-0.2, -0.15) is 0 Å². The summed E-state index contributed by atoms with van der Waals surface area (Å²) in [7, 11) is 0. The molecule has 13 heavy (non-hydrogen) atoms. The quantitative estimate of drug-likeness (QED) is 0.669. The molecule has 0 amide bonds. The summed E-state index contributed by atoms with van der Waals surface area (Å²) >= 11 is 0. The van der Waals surface area contributed by atoms with Crippen LogP contribution in [0.2, 0.25) is 0 Å². The van der Waals surface area contributed by atoms with Gasteiger partial charge >= 0.3 is 0 Å². The summed E-state index contributed by atoms with van der Waals surface area (Å²) in [5.41, 5.74) is 5.64. The van der Waals surface area contributed by atoms with Gasteiger partial charge < -0.3 is 15.7 Å². The monoisotopic (exact) mass is 186 g/mol. The second kappa shape index (κ2) is 4.94. The van der Waals surface area contributed by atoms with E-state index < -0.39 is 0 Å². The van der Waals surface area contributed by atoms with Crippen molar-refractivity contribution in [1.29, 1.82) is 0 Å². The molecule has 3 heteroatoms. The van der Waals surface area contributed by atoms with Crippen LogP contribution in [0.4, 0.5) is 0 Å². The van der Waals surface area contributed by atoms with Crippen LogP contribution in [0.1, 0.15) is 26.7 Å². The maximum absolute atomic E-state index is 9.17. The highest BCUT2D eigenvalue weighted by Gasteiger charge is 2.27. The lowest BCUT2D eigenvalue weighted by Gasteiger charge is -2.21. The SMILES string of the molecule is CC(O)CCN1CC(CN)CC1C. The maximum atomic E-state index is 9.17. The van der Waals surface area contributed by atoms with E-state index in [9.17, 15) is 5.11 Å². The van der Waals surface area contributed by atoms with E-state index in [4.69, 9.17) is 5.73 Å². The molecule has 1 aliphatic rings. The van der Waals surface area contributed by atoms with Crippen molar-refractivity contribution in [2.45, 2.75) is 38.8 Å². The van der Waals surface area contributed by atoms with Gasteiger partial charge in [0.05, 0.1) is 6.10 Å². The van der Waals surface area contributed by atoms with Gasteiger partial charge in [0, 0.05) is 19.1 Å². The molecule has 1 rings (SSSR count). The Morgan fingerprint density at radius 3 is 2.77 bits per heavy atom. The number of likely N-dealkylation sites (tertiary alicyclic amines) is 1. The van der Waals surface area contributed by atoms with Crippen LogP contribution in [0.3, 0.4) is 0 Å². The fraction of sp³-hybridized carbons (Fsp3) is 1.00. The molecule has 3 N–H and O–H groups in total. The van der Waals surface area contributed by atoms with Crippen LogP contribution in [0.5, 0.6) is 0 Å². The second-order valence-corrected chi connectivity index (χ2v) is 4.32. The topological polar surface area (TPSA) is 49.5 Å². The number of hydrogen-bond donors (Lipinski definition) is 2. The van der Waals surface area contributed by atoms with Crippen LogP contribution in [-0.4, -0.2) is 41.8 Å². The van der Waals surface area contributed by atoms with Gasteiger partial charge in [-0.1, -0.05) is 0 Å². The minimum atomic E-state index is -0.177. The van der Waals surface area contributed by atoms with E-state index in [0.29, 0.717) is 12.0 Å². The van der Waals surface area contributed by atoms with Crippen molar-refractivity contribution in [1.82, 2.24) is 4.90 Å².